The number of hydrogen-bond acceptors (Lipinski definition) is 4. The average Bonchev–Trinajstić information content (AvgIpc) is 2.57. The van der Waals surface area contributed by atoms with Crippen molar-refractivity contribution < 1.29 is 10.2 Å². The first-order valence-corrected chi connectivity index (χ1v) is 7.50. The van der Waals surface area contributed by atoms with Gasteiger partial charge in [0.2, 0.25) is 0 Å². The molecule has 5 aromatic carbocycles. The summed E-state index contributed by atoms with van der Waals surface area (Å²) in [5, 5.41) is 25.4. The summed E-state index contributed by atoms with van der Waals surface area (Å²) in [7, 11) is 0. The first kappa shape index (κ1) is 13.1. The average molecular weight is 314 g/mol. The molecule has 0 amide bonds. The van der Waals surface area contributed by atoms with Crippen LogP contribution in [0.15, 0.2) is 58.1 Å². The molecule has 0 fully saturated rings. The van der Waals surface area contributed by atoms with Gasteiger partial charge in [-0.05, 0) is 57.9 Å². The Labute approximate surface area is 134 Å². The van der Waals surface area contributed by atoms with Crippen molar-refractivity contribution >= 4 is 43.1 Å². The molecule has 0 heterocycles. The molecule has 0 saturated heterocycles. The van der Waals surface area contributed by atoms with Crippen molar-refractivity contribution in [2.45, 2.75) is 0 Å². The maximum Gasteiger partial charge on any atom is 0.190 e. The molecule has 0 bridgehead atoms. The van der Waals surface area contributed by atoms with E-state index in [1.54, 1.807) is 24.3 Å². The largest absolute Gasteiger partial charge is 0.507 e. The molecule has 2 N–H and O–H groups in total. The number of rotatable bonds is 0. The van der Waals surface area contributed by atoms with E-state index in [0.29, 0.717) is 10.8 Å². The Bertz CT molecular complexity index is 1270. The molecule has 0 saturated carbocycles. The summed E-state index contributed by atoms with van der Waals surface area (Å²) < 4.78 is 0. The minimum atomic E-state index is -0.244. The molecule has 0 aromatic heterocycles. The van der Waals surface area contributed by atoms with Crippen molar-refractivity contribution in [3.63, 3.8) is 0 Å². The quantitative estimate of drug-likeness (QED) is 0.340. The van der Waals surface area contributed by atoms with E-state index in [2.05, 4.69) is 0 Å². The minimum absolute atomic E-state index is 0.0560. The Morgan fingerprint density at radius 3 is 1.17 bits per heavy atom. The van der Waals surface area contributed by atoms with Crippen molar-refractivity contribution in [3.05, 3.63) is 69.0 Å². The van der Waals surface area contributed by atoms with Gasteiger partial charge in [-0.2, -0.15) is 0 Å². The van der Waals surface area contributed by atoms with E-state index in [-0.39, 0.29) is 33.1 Å². The molecule has 0 aliphatic rings. The van der Waals surface area contributed by atoms with Crippen molar-refractivity contribution in [3.8, 4) is 11.5 Å². The molecule has 4 heteroatoms. The molecule has 0 aliphatic heterocycles. The van der Waals surface area contributed by atoms with Crippen LogP contribution in [0.3, 0.4) is 0 Å². The maximum absolute atomic E-state index is 12.3. The Balaban J connectivity index is 2.31. The highest BCUT2D eigenvalue weighted by Crippen LogP contribution is 2.42. The van der Waals surface area contributed by atoms with Crippen LogP contribution in [-0.2, 0) is 0 Å². The van der Waals surface area contributed by atoms with Crippen molar-refractivity contribution in [2.24, 2.45) is 0 Å². The topological polar surface area (TPSA) is 74.6 Å². The van der Waals surface area contributed by atoms with Gasteiger partial charge in [-0.3, -0.25) is 9.59 Å². The third kappa shape index (κ3) is 1.38. The smallest absolute Gasteiger partial charge is 0.190 e. The monoisotopic (exact) mass is 314 g/mol. The standard InChI is InChI=1S/C20H10O4/c21-13-5-1-9-10-2-6-15(23)20-16(24)8-4-12(18(10)20)11-3-7-14(22)19(13)17(9)11/h1-8,21,23H. The van der Waals surface area contributed by atoms with Crippen LogP contribution in [0.5, 0.6) is 11.5 Å². The summed E-state index contributed by atoms with van der Waals surface area (Å²) in [5.41, 5.74) is -0.487. The summed E-state index contributed by atoms with van der Waals surface area (Å²) in [5.74, 6) is -0.112. The Morgan fingerprint density at radius 2 is 0.792 bits per heavy atom. The summed E-state index contributed by atoms with van der Waals surface area (Å²) in [6, 6.07) is 12.7. The molecule has 0 atom stereocenters. The third-order valence-electron chi connectivity index (χ3n) is 4.78. The van der Waals surface area contributed by atoms with Crippen LogP contribution < -0.4 is 10.9 Å². The van der Waals surface area contributed by atoms with Crippen LogP contribution in [-0.4, -0.2) is 10.2 Å². The number of phenolic OH excluding ortho intramolecular Hbond substituents is 2. The Kier molecular flexibility index (Phi) is 2.24. The van der Waals surface area contributed by atoms with E-state index in [1.807, 2.05) is 0 Å². The van der Waals surface area contributed by atoms with Crippen LogP contribution in [0.25, 0.3) is 43.1 Å². The van der Waals surface area contributed by atoms with Crippen molar-refractivity contribution in [2.75, 3.05) is 0 Å². The summed E-state index contributed by atoms with van der Waals surface area (Å²) >= 11 is 0. The number of hydrogen-bond donors (Lipinski definition) is 2. The lowest BCUT2D eigenvalue weighted by atomic mass is 9.89. The van der Waals surface area contributed by atoms with Crippen molar-refractivity contribution in [1.29, 1.82) is 0 Å². The third-order valence-corrected chi connectivity index (χ3v) is 4.78. The number of aromatic hydroxyl groups is 2. The molecular weight excluding hydrogens is 304 g/mol. The minimum Gasteiger partial charge on any atom is -0.507 e. The van der Waals surface area contributed by atoms with Gasteiger partial charge in [0.25, 0.3) is 0 Å². The second kappa shape index (κ2) is 4.11. The van der Waals surface area contributed by atoms with Crippen LogP contribution in [0, 0.1) is 0 Å². The van der Waals surface area contributed by atoms with Gasteiger partial charge in [0.1, 0.15) is 11.5 Å². The van der Waals surface area contributed by atoms with Gasteiger partial charge in [-0.15, -0.1) is 0 Å². The van der Waals surface area contributed by atoms with E-state index in [1.165, 1.54) is 24.3 Å². The van der Waals surface area contributed by atoms with Crippen LogP contribution >= 0.6 is 0 Å². The highest BCUT2D eigenvalue weighted by atomic mass is 16.3. The summed E-state index contributed by atoms with van der Waals surface area (Å²) in [6.45, 7) is 0. The zero-order valence-electron chi connectivity index (χ0n) is 12.3. The second-order valence-electron chi connectivity index (χ2n) is 5.99. The van der Waals surface area contributed by atoms with Crippen LogP contribution in [0.2, 0.25) is 0 Å². The van der Waals surface area contributed by atoms with E-state index in [4.69, 9.17) is 0 Å². The SMILES string of the molecule is O=c1ccc2c3ccc(=O)c4c(O)ccc(c5ccc(O)c1c52)c43. The second-order valence-corrected chi connectivity index (χ2v) is 5.99. The Hall–Kier alpha value is -3.40. The molecule has 0 aliphatic carbocycles. The zero-order valence-corrected chi connectivity index (χ0v) is 12.3. The lowest BCUT2D eigenvalue weighted by Gasteiger charge is -2.14. The number of phenols is 2. The van der Waals surface area contributed by atoms with Gasteiger partial charge in [-0.25, -0.2) is 0 Å². The first-order chi connectivity index (χ1) is 11.6. The van der Waals surface area contributed by atoms with Gasteiger partial charge >= 0.3 is 0 Å². The summed E-state index contributed by atoms with van der Waals surface area (Å²) in [4.78, 5) is 24.5. The molecule has 5 rings (SSSR count). The zero-order chi connectivity index (χ0) is 16.6. The molecule has 0 spiro atoms. The fourth-order valence-corrected chi connectivity index (χ4v) is 3.79. The number of benzene rings is 5. The maximum atomic E-state index is 12.3. The molecule has 0 radical (unpaired) electrons. The molecule has 4 nitrogen and oxygen atoms in total. The lowest BCUT2D eigenvalue weighted by molar-refractivity contribution is 0.481. The lowest BCUT2D eigenvalue weighted by Crippen LogP contribution is -2.03. The van der Waals surface area contributed by atoms with Crippen LogP contribution in [0.4, 0.5) is 0 Å². The van der Waals surface area contributed by atoms with E-state index < -0.39 is 0 Å². The highest BCUT2D eigenvalue weighted by Gasteiger charge is 2.18. The van der Waals surface area contributed by atoms with E-state index in [0.717, 1.165) is 21.5 Å². The van der Waals surface area contributed by atoms with E-state index >= 15 is 0 Å². The molecule has 24 heavy (non-hydrogen) atoms. The molecule has 5 aromatic rings. The first-order valence-electron chi connectivity index (χ1n) is 7.50. The van der Waals surface area contributed by atoms with Gasteiger partial charge < -0.3 is 10.2 Å². The normalized spacial score (nSPS) is 12.0. The van der Waals surface area contributed by atoms with Crippen LogP contribution in [0.1, 0.15) is 0 Å². The summed E-state index contributed by atoms with van der Waals surface area (Å²) in [6.07, 6.45) is 0. The molecular formula is C20H10O4. The molecule has 0 unspecified atom stereocenters. The van der Waals surface area contributed by atoms with Gasteiger partial charge in [0, 0.05) is 10.8 Å². The fraction of sp³-hybridized carbons (Fsp3) is 0. The molecule has 114 valence electrons. The predicted octanol–water partition coefficient (Wildman–Crippen LogP) is 3.31. The Morgan fingerprint density at radius 1 is 0.458 bits per heavy atom. The van der Waals surface area contributed by atoms with Gasteiger partial charge in [0.15, 0.2) is 10.9 Å². The fourth-order valence-electron chi connectivity index (χ4n) is 3.79. The highest BCUT2D eigenvalue weighted by molar-refractivity contribution is 6.33. The van der Waals surface area contributed by atoms with E-state index in [9.17, 15) is 19.8 Å². The van der Waals surface area contributed by atoms with Gasteiger partial charge in [-0.1, -0.05) is 12.1 Å². The number of fused-ring (bicyclic) bond motifs is 2. The van der Waals surface area contributed by atoms with Gasteiger partial charge in [0.05, 0.1) is 10.8 Å². The van der Waals surface area contributed by atoms with Crippen molar-refractivity contribution in [1.82, 2.24) is 0 Å². The predicted molar refractivity (Wildman–Crippen MR) is 94.7 cm³/mol.